The lowest BCUT2D eigenvalue weighted by Crippen LogP contribution is -2.42. The SMILES string of the molecule is CCCCOC(=O)c1c(N)/c(=C\c2ccc(OC)cc2)c2n1C(=O)C(c1ccc(OC)cc1)SC=2C(=O)OCC. The highest BCUT2D eigenvalue weighted by atomic mass is 32.2. The van der Waals surface area contributed by atoms with Crippen LogP contribution >= 0.6 is 11.8 Å². The fourth-order valence-electron chi connectivity index (χ4n) is 4.32. The molecule has 1 atom stereocenters. The van der Waals surface area contributed by atoms with Gasteiger partial charge in [-0.3, -0.25) is 9.36 Å². The van der Waals surface area contributed by atoms with Crippen molar-refractivity contribution in [3.05, 3.63) is 75.9 Å². The maximum atomic E-state index is 14.1. The normalized spacial score (nSPS) is 15.0. The third-order valence-electron chi connectivity index (χ3n) is 6.37. The smallest absolute Gasteiger partial charge is 0.357 e. The summed E-state index contributed by atoms with van der Waals surface area (Å²) in [4.78, 5) is 41.0. The number of aromatic nitrogens is 1. The molecule has 1 aliphatic rings. The zero-order valence-corrected chi connectivity index (χ0v) is 23.7. The second-order valence-corrected chi connectivity index (χ2v) is 10.0. The second kappa shape index (κ2) is 12.8. The van der Waals surface area contributed by atoms with Gasteiger partial charge in [0.15, 0.2) is 5.69 Å². The Labute approximate surface area is 236 Å². The van der Waals surface area contributed by atoms with E-state index in [0.29, 0.717) is 28.7 Å². The molecular weight excluding hydrogens is 532 g/mol. The molecule has 0 bridgehead atoms. The topological polar surface area (TPSA) is 119 Å². The molecule has 1 unspecified atom stereocenters. The van der Waals surface area contributed by atoms with Gasteiger partial charge in [-0.1, -0.05) is 49.4 Å². The highest BCUT2D eigenvalue weighted by Gasteiger charge is 2.38. The van der Waals surface area contributed by atoms with Crippen LogP contribution in [-0.2, 0) is 14.3 Å². The molecule has 0 radical (unpaired) electrons. The first kappa shape index (κ1) is 28.8. The number of nitrogen functional groups attached to an aromatic ring is 1. The molecule has 2 heterocycles. The fraction of sp³-hybridized carbons (Fsp3) is 0.300. The molecule has 40 heavy (non-hydrogen) atoms. The number of hydrogen-bond donors (Lipinski definition) is 1. The van der Waals surface area contributed by atoms with Gasteiger partial charge in [0.05, 0.1) is 38.5 Å². The summed E-state index contributed by atoms with van der Waals surface area (Å²) in [6.07, 6.45) is 3.20. The number of carbonyl (C=O) groups is 3. The number of anilines is 1. The van der Waals surface area contributed by atoms with Crippen LogP contribution in [0.2, 0.25) is 0 Å². The first-order chi connectivity index (χ1) is 19.3. The predicted molar refractivity (Wildman–Crippen MR) is 154 cm³/mol. The van der Waals surface area contributed by atoms with E-state index in [-0.39, 0.29) is 34.8 Å². The third-order valence-corrected chi connectivity index (χ3v) is 7.68. The van der Waals surface area contributed by atoms with Crippen molar-refractivity contribution in [2.24, 2.45) is 0 Å². The lowest BCUT2D eigenvalue weighted by Gasteiger charge is -2.23. The van der Waals surface area contributed by atoms with E-state index in [9.17, 15) is 14.4 Å². The van der Waals surface area contributed by atoms with Gasteiger partial charge in [0.25, 0.3) is 0 Å². The number of benzene rings is 2. The third kappa shape index (κ3) is 5.72. The largest absolute Gasteiger partial charge is 0.497 e. The highest BCUT2D eigenvalue weighted by Crippen LogP contribution is 2.40. The molecule has 0 aliphatic carbocycles. The fourth-order valence-corrected chi connectivity index (χ4v) is 5.52. The predicted octanol–water partition coefficient (Wildman–Crippen LogP) is 3.67. The van der Waals surface area contributed by atoms with Crippen LogP contribution in [0.3, 0.4) is 0 Å². The van der Waals surface area contributed by atoms with Crippen molar-refractivity contribution in [3.8, 4) is 11.5 Å². The molecule has 1 aromatic heterocycles. The van der Waals surface area contributed by atoms with Crippen LogP contribution in [0.1, 0.15) is 58.3 Å². The summed E-state index contributed by atoms with van der Waals surface area (Å²) < 4.78 is 22.6. The summed E-state index contributed by atoms with van der Waals surface area (Å²) >= 11 is 1.07. The number of carbonyl (C=O) groups excluding carboxylic acids is 3. The monoisotopic (exact) mass is 564 g/mol. The summed E-state index contributed by atoms with van der Waals surface area (Å²) in [7, 11) is 3.12. The number of ether oxygens (including phenoxy) is 4. The lowest BCUT2D eigenvalue weighted by molar-refractivity contribution is -0.135. The number of rotatable bonds is 10. The Balaban J connectivity index is 2.01. The van der Waals surface area contributed by atoms with E-state index in [0.717, 1.165) is 23.7 Å². The minimum atomic E-state index is -0.847. The Morgan fingerprint density at radius 2 is 1.57 bits per heavy atom. The number of unbranched alkanes of at least 4 members (excludes halogenated alkanes) is 1. The molecule has 1 aliphatic heterocycles. The van der Waals surface area contributed by atoms with Crippen molar-refractivity contribution in [2.45, 2.75) is 31.9 Å². The minimum Gasteiger partial charge on any atom is -0.497 e. The van der Waals surface area contributed by atoms with Crippen LogP contribution < -0.4 is 25.8 Å². The number of nitrogens with two attached hydrogens (primary N) is 1. The van der Waals surface area contributed by atoms with Crippen LogP contribution in [0.4, 0.5) is 5.69 Å². The first-order valence-electron chi connectivity index (χ1n) is 12.9. The van der Waals surface area contributed by atoms with Crippen LogP contribution in [0.15, 0.2) is 48.5 Å². The zero-order valence-electron chi connectivity index (χ0n) is 22.9. The molecule has 2 N–H and O–H groups in total. The van der Waals surface area contributed by atoms with Gasteiger partial charge in [-0.15, -0.1) is 0 Å². The molecule has 10 heteroatoms. The van der Waals surface area contributed by atoms with E-state index < -0.39 is 23.1 Å². The van der Waals surface area contributed by atoms with Gasteiger partial charge in [0.1, 0.15) is 21.7 Å². The number of thioether (sulfide) groups is 1. The Morgan fingerprint density at radius 3 is 2.15 bits per heavy atom. The van der Waals surface area contributed by atoms with Gasteiger partial charge in [0, 0.05) is 5.22 Å². The van der Waals surface area contributed by atoms with Crippen molar-refractivity contribution >= 4 is 46.3 Å². The van der Waals surface area contributed by atoms with Crippen molar-refractivity contribution in [1.29, 1.82) is 0 Å². The number of methoxy groups -OCH3 is 2. The van der Waals surface area contributed by atoms with E-state index in [1.165, 1.54) is 4.57 Å². The van der Waals surface area contributed by atoms with Crippen molar-refractivity contribution in [1.82, 2.24) is 4.57 Å². The molecule has 4 rings (SSSR count). The number of esters is 2. The maximum Gasteiger partial charge on any atom is 0.357 e. The van der Waals surface area contributed by atoms with E-state index in [1.807, 2.05) is 19.1 Å². The molecule has 9 nitrogen and oxygen atoms in total. The number of fused-ring (bicyclic) bond motifs is 1. The van der Waals surface area contributed by atoms with Gasteiger partial charge >= 0.3 is 11.9 Å². The molecule has 2 aromatic carbocycles. The molecular formula is C30H32N2O7S. The van der Waals surface area contributed by atoms with E-state index in [1.54, 1.807) is 63.6 Å². The summed E-state index contributed by atoms with van der Waals surface area (Å²) in [5, 5.41) is -0.292. The van der Waals surface area contributed by atoms with Crippen LogP contribution in [-0.4, -0.2) is 49.8 Å². The van der Waals surface area contributed by atoms with Gasteiger partial charge in [0.2, 0.25) is 5.91 Å². The maximum absolute atomic E-state index is 14.1. The summed E-state index contributed by atoms with van der Waals surface area (Å²) in [6.45, 7) is 3.98. The zero-order chi connectivity index (χ0) is 28.8. The van der Waals surface area contributed by atoms with Gasteiger partial charge in [-0.05, 0) is 54.8 Å². The molecule has 0 saturated heterocycles. The standard InChI is InChI=1S/C30H32N2O7S/c1-5-7-16-39-29(34)25-23(31)22(17-18-8-12-20(36-3)13-9-18)24-27(30(35)38-6-2)40-26(28(33)32(24)25)19-10-14-21(37-4)15-11-19/h8-15,17,26H,5-7,16,31H2,1-4H3/b22-17+. The summed E-state index contributed by atoms with van der Waals surface area (Å²) in [5.41, 5.74) is 7.87. The average molecular weight is 565 g/mol. The molecule has 0 saturated carbocycles. The van der Waals surface area contributed by atoms with Crippen molar-refractivity contribution in [3.63, 3.8) is 0 Å². The first-order valence-corrected chi connectivity index (χ1v) is 13.8. The molecule has 210 valence electrons. The minimum absolute atomic E-state index is 0.0402. The molecule has 0 amide bonds. The van der Waals surface area contributed by atoms with Crippen molar-refractivity contribution < 1.29 is 33.3 Å². The Bertz CT molecular complexity index is 1530. The quantitative estimate of drug-likeness (QED) is 0.291. The van der Waals surface area contributed by atoms with Gasteiger partial charge < -0.3 is 24.7 Å². The Kier molecular flexibility index (Phi) is 9.21. The van der Waals surface area contributed by atoms with Crippen LogP contribution in [0.5, 0.6) is 11.5 Å². The Morgan fingerprint density at radius 1 is 0.950 bits per heavy atom. The van der Waals surface area contributed by atoms with Gasteiger partial charge in [-0.25, -0.2) is 9.59 Å². The lowest BCUT2D eigenvalue weighted by atomic mass is 10.1. The number of hydrogen-bond acceptors (Lipinski definition) is 9. The molecule has 0 fully saturated rings. The highest BCUT2D eigenvalue weighted by molar-refractivity contribution is 8.10. The van der Waals surface area contributed by atoms with Gasteiger partial charge in [-0.2, -0.15) is 0 Å². The van der Waals surface area contributed by atoms with Crippen LogP contribution in [0, 0.1) is 0 Å². The van der Waals surface area contributed by atoms with E-state index in [2.05, 4.69) is 0 Å². The molecule has 3 aromatic rings. The van der Waals surface area contributed by atoms with Crippen molar-refractivity contribution in [2.75, 3.05) is 33.2 Å². The molecule has 0 spiro atoms. The van der Waals surface area contributed by atoms with E-state index >= 15 is 0 Å². The van der Waals surface area contributed by atoms with Crippen LogP contribution in [0.25, 0.3) is 11.0 Å². The van der Waals surface area contributed by atoms with E-state index in [4.69, 9.17) is 24.7 Å². The Hall–Kier alpha value is -4.18. The summed E-state index contributed by atoms with van der Waals surface area (Å²) in [6, 6.07) is 14.1. The average Bonchev–Trinajstić information content (AvgIpc) is 3.26. The second-order valence-electron chi connectivity index (χ2n) is 8.93. The number of nitrogens with zero attached hydrogens (tertiary/aromatic N) is 1. The summed E-state index contributed by atoms with van der Waals surface area (Å²) in [5.74, 6) is -0.502.